The van der Waals surface area contributed by atoms with Crippen LogP contribution in [0.15, 0.2) is 146 Å². The first-order valence-electron chi connectivity index (χ1n) is 16.7. The number of benzene rings is 7. The van der Waals surface area contributed by atoms with Crippen LogP contribution in [0.2, 0.25) is 0 Å². The highest BCUT2D eigenvalue weighted by Crippen LogP contribution is 2.50. The highest BCUT2D eigenvalue weighted by Gasteiger charge is 2.35. The summed E-state index contributed by atoms with van der Waals surface area (Å²) < 4.78 is 7.71. The van der Waals surface area contributed by atoms with Crippen molar-refractivity contribution in [3.8, 4) is 22.5 Å². The number of thiophene rings is 1. The lowest BCUT2D eigenvalue weighted by atomic mass is 9.82. The maximum Gasteiger partial charge on any atom is 0.0782 e. The van der Waals surface area contributed by atoms with Crippen LogP contribution in [0.4, 0.5) is 0 Å². The van der Waals surface area contributed by atoms with E-state index in [1.165, 1.54) is 97.4 Å². The summed E-state index contributed by atoms with van der Waals surface area (Å²) in [6.07, 6.45) is 0. The zero-order valence-electron chi connectivity index (χ0n) is 26.7. The van der Waals surface area contributed by atoms with Crippen LogP contribution in [-0.4, -0.2) is 9.13 Å². The Kier molecular flexibility index (Phi) is 5.09. The van der Waals surface area contributed by atoms with Crippen molar-refractivity contribution in [2.75, 3.05) is 0 Å². The van der Waals surface area contributed by atoms with Crippen LogP contribution in [0.3, 0.4) is 0 Å². The summed E-state index contributed by atoms with van der Waals surface area (Å²) in [6.45, 7) is 4.75. The van der Waals surface area contributed by atoms with Gasteiger partial charge in [-0.25, -0.2) is 0 Å². The van der Waals surface area contributed by atoms with Crippen molar-refractivity contribution in [3.63, 3.8) is 0 Å². The van der Waals surface area contributed by atoms with Gasteiger partial charge in [0.05, 0.1) is 27.8 Å². The monoisotopic (exact) mass is 630 g/mol. The van der Waals surface area contributed by atoms with Crippen molar-refractivity contribution in [2.24, 2.45) is 0 Å². The Morgan fingerprint density at radius 1 is 0.479 bits per heavy atom. The molecule has 0 N–H and O–H groups in total. The van der Waals surface area contributed by atoms with Crippen LogP contribution in [0.25, 0.3) is 86.3 Å². The van der Waals surface area contributed by atoms with Crippen molar-refractivity contribution in [1.82, 2.24) is 9.13 Å². The number of hydrogen-bond donors (Lipinski definition) is 0. The molecule has 226 valence electrons. The molecule has 7 aromatic carbocycles. The third kappa shape index (κ3) is 3.27. The minimum absolute atomic E-state index is 0.0882. The third-order valence-corrected chi connectivity index (χ3v) is 12.1. The molecule has 0 saturated carbocycles. The largest absolute Gasteiger partial charge is 0.307 e. The lowest BCUT2D eigenvalue weighted by Crippen LogP contribution is -2.15. The van der Waals surface area contributed by atoms with E-state index in [4.69, 9.17) is 0 Å². The molecule has 10 aromatic rings. The molecule has 0 unspecified atom stereocenters. The molecule has 3 heterocycles. The van der Waals surface area contributed by atoms with Crippen LogP contribution < -0.4 is 0 Å². The fourth-order valence-corrected chi connectivity index (χ4v) is 10.0. The minimum atomic E-state index is -0.0882. The Balaban J connectivity index is 1.32. The summed E-state index contributed by atoms with van der Waals surface area (Å²) in [7, 11) is 0. The van der Waals surface area contributed by atoms with Crippen LogP contribution in [-0.2, 0) is 5.41 Å². The van der Waals surface area contributed by atoms with Crippen LogP contribution in [0.5, 0.6) is 0 Å². The average Bonchev–Trinajstić information content (AvgIpc) is 3.84. The molecule has 1 aliphatic rings. The van der Waals surface area contributed by atoms with Gasteiger partial charge in [0.15, 0.2) is 0 Å². The van der Waals surface area contributed by atoms with E-state index in [1.54, 1.807) is 0 Å². The number of aromatic nitrogens is 2. The lowest BCUT2D eigenvalue weighted by Gasteiger charge is -2.22. The van der Waals surface area contributed by atoms with Gasteiger partial charge in [-0.15, -0.1) is 11.3 Å². The summed E-state index contributed by atoms with van der Waals surface area (Å²) in [5, 5.41) is 7.82. The molecule has 0 fully saturated rings. The summed E-state index contributed by atoms with van der Waals surface area (Å²) >= 11 is 1.91. The number of nitrogens with zero attached hydrogens (tertiary/aromatic N) is 2. The van der Waals surface area contributed by atoms with E-state index in [1.807, 2.05) is 11.3 Å². The second-order valence-electron chi connectivity index (χ2n) is 13.7. The van der Waals surface area contributed by atoms with Gasteiger partial charge in [0.25, 0.3) is 0 Å². The molecule has 2 nitrogen and oxygen atoms in total. The Labute approximate surface area is 281 Å². The summed E-state index contributed by atoms with van der Waals surface area (Å²) in [6, 6.07) is 54.2. The first-order chi connectivity index (χ1) is 23.6. The normalized spacial score (nSPS) is 13.8. The zero-order chi connectivity index (χ0) is 31.7. The molecule has 3 heteroatoms. The number of fused-ring (bicyclic) bond motifs is 13. The molecule has 0 saturated heterocycles. The maximum absolute atomic E-state index is 2.55. The minimum Gasteiger partial charge on any atom is -0.307 e. The van der Waals surface area contributed by atoms with Gasteiger partial charge in [0.2, 0.25) is 0 Å². The predicted octanol–water partition coefficient (Wildman–Crippen LogP) is 12.6. The summed E-state index contributed by atoms with van der Waals surface area (Å²) in [5.74, 6) is 0. The van der Waals surface area contributed by atoms with E-state index in [-0.39, 0.29) is 5.41 Å². The van der Waals surface area contributed by atoms with Crippen LogP contribution in [0, 0.1) is 0 Å². The van der Waals surface area contributed by atoms with Gasteiger partial charge >= 0.3 is 0 Å². The summed E-state index contributed by atoms with van der Waals surface area (Å²) in [4.78, 5) is 0. The number of rotatable bonds is 2. The molecule has 3 aromatic heterocycles. The second kappa shape index (κ2) is 9.25. The van der Waals surface area contributed by atoms with E-state index in [9.17, 15) is 0 Å². The van der Waals surface area contributed by atoms with E-state index >= 15 is 0 Å². The van der Waals surface area contributed by atoms with Gasteiger partial charge in [-0.2, -0.15) is 0 Å². The van der Waals surface area contributed by atoms with Gasteiger partial charge in [-0.1, -0.05) is 117 Å². The Bertz CT molecular complexity index is 2930. The molecule has 0 aliphatic heterocycles. The van der Waals surface area contributed by atoms with Gasteiger partial charge in [-0.3, -0.25) is 0 Å². The predicted molar refractivity (Wildman–Crippen MR) is 206 cm³/mol. The number of hydrogen-bond acceptors (Lipinski definition) is 1. The van der Waals surface area contributed by atoms with Crippen molar-refractivity contribution >= 4 is 75.1 Å². The van der Waals surface area contributed by atoms with E-state index in [2.05, 4.69) is 169 Å². The molecule has 0 bridgehead atoms. The van der Waals surface area contributed by atoms with Crippen LogP contribution in [0.1, 0.15) is 25.0 Å². The average molecular weight is 631 g/mol. The van der Waals surface area contributed by atoms with E-state index in [0.29, 0.717) is 0 Å². The van der Waals surface area contributed by atoms with Crippen LogP contribution >= 0.6 is 11.3 Å². The Hall–Kier alpha value is -5.64. The van der Waals surface area contributed by atoms with Gasteiger partial charge in [0.1, 0.15) is 0 Å². The lowest BCUT2D eigenvalue weighted by molar-refractivity contribution is 0.660. The van der Waals surface area contributed by atoms with E-state index in [0.717, 1.165) is 0 Å². The Morgan fingerprint density at radius 3 is 1.96 bits per heavy atom. The molecular weight excluding hydrogens is 601 g/mol. The molecule has 0 amide bonds. The first-order valence-corrected chi connectivity index (χ1v) is 17.5. The van der Waals surface area contributed by atoms with Gasteiger partial charge in [0, 0.05) is 52.8 Å². The molecule has 48 heavy (non-hydrogen) atoms. The highest BCUT2D eigenvalue weighted by atomic mass is 32.1. The van der Waals surface area contributed by atoms with Crippen molar-refractivity contribution in [1.29, 1.82) is 0 Å². The van der Waals surface area contributed by atoms with Crippen molar-refractivity contribution < 1.29 is 0 Å². The topological polar surface area (TPSA) is 9.86 Å². The van der Waals surface area contributed by atoms with Crippen molar-refractivity contribution in [2.45, 2.75) is 19.3 Å². The quantitative estimate of drug-likeness (QED) is 0.180. The SMILES string of the molecule is CC1(C)c2ccccc2-c2ccc(-n3c4ccc5c6ccccc6sc5c4c4cccc(-n5c6ccccc6c6ccccc65)c43)cc21. The van der Waals surface area contributed by atoms with Crippen molar-refractivity contribution in [3.05, 3.63) is 157 Å². The van der Waals surface area contributed by atoms with Gasteiger partial charge < -0.3 is 9.13 Å². The molecule has 11 rings (SSSR count). The smallest absolute Gasteiger partial charge is 0.0782 e. The highest BCUT2D eigenvalue weighted by molar-refractivity contribution is 7.26. The standard InChI is InChI=1S/C45H30N2S/c1-45(2)35-17-7-3-12-28(35)29-23-22-27(26-36(29)45)46-39-25-24-33-32-15-6-10-21-41(32)48-44(33)42(39)34-16-11-20-40(43(34)46)47-37-18-8-4-13-30(37)31-14-5-9-19-38(31)47/h3-26H,1-2H3. The molecular formula is C45H30N2S. The maximum atomic E-state index is 2.55. The zero-order valence-corrected chi connectivity index (χ0v) is 27.5. The second-order valence-corrected chi connectivity index (χ2v) is 14.8. The molecule has 0 spiro atoms. The first kappa shape index (κ1) is 26.4. The van der Waals surface area contributed by atoms with Gasteiger partial charge in [-0.05, 0) is 64.7 Å². The summed E-state index contributed by atoms with van der Waals surface area (Å²) in [5.41, 5.74) is 12.7. The molecule has 0 atom stereocenters. The third-order valence-electron chi connectivity index (χ3n) is 10.9. The number of para-hydroxylation sites is 3. The molecule has 1 aliphatic carbocycles. The van der Waals surface area contributed by atoms with E-state index < -0.39 is 0 Å². The fourth-order valence-electron chi connectivity index (χ4n) is 8.78. The Morgan fingerprint density at radius 2 is 1.15 bits per heavy atom. The molecule has 0 radical (unpaired) electrons. The fraction of sp³-hybridized carbons (Fsp3) is 0.0667.